The molecule has 2 heterocycles. The van der Waals surface area contributed by atoms with E-state index in [1.807, 2.05) is 31.2 Å². The van der Waals surface area contributed by atoms with Gasteiger partial charge in [0, 0.05) is 6.54 Å². The lowest BCUT2D eigenvalue weighted by Gasteiger charge is -2.13. The van der Waals surface area contributed by atoms with Crippen molar-refractivity contribution in [3.8, 4) is 10.8 Å². The van der Waals surface area contributed by atoms with E-state index < -0.39 is 24.5 Å². The predicted molar refractivity (Wildman–Crippen MR) is 109 cm³/mol. The Morgan fingerprint density at radius 3 is 2.76 bits per heavy atom. The molecule has 0 aliphatic rings. The zero-order chi connectivity index (χ0) is 20.8. The molecule has 3 rings (SSSR count). The van der Waals surface area contributed by atoms with Gasteiger partial charge in [-0.15, -0.1) is 11.3 Å². The number of carbonyl (C=O) groups is 3. The first-order valence-electron chi connectivity index (χ1n) is 9.18. The zero-order valence-corrected chi connectivity index (χ0v) is 16.9. The Bertz CT molecular complexity index is 993. The standard InChI is InChI=1S/C20H21N3O5S/c1-3-10-21-18(25)12(2)22-17(24)11-27-20(26)15-9-8-14(28-15)19-23-13-6-4-5-7-16(13)29-19/h4-9,12H,3,10-11H2,1-2H3,(H,21,25)(H,22,24)/t12-/m0/s1. The van der Waals surface area contributed by atoms with Gasteiger partial charge in [-0.2, -0.15) is 0 Å². The van der Waals surface area contributed by atoms with Gasteiger partial charge in [0.2, 0.25) is 11.7 Å². The molecule has 152 valence electrons. The van der Waals surface area contributed by atoms with Crippen molar-refractivity contribution >= 4 is 39.3 Å². The summed E-state index contributed by atoms with van der Waals surface area (Å²) in [5.74, 6) is -1.21. The molecule has 2 aromatic heterocycles. The van der Waals surface area contributed by atoms with E-state index in [2.05, 4.69) is 15.6 Å². The Morgan fingerprint density at radius 1 is 1.21 bits per heavy atom. The van der Waals surface area contributed by atoms with Crippen LogP contribution in [0.3, 0.4) is 0 Å². The van der Waals surface area contributed by atoms with Gasteiger partial charge in [-0.3, -0.25) is 9.59 Å². The Balaban J connectivity index is 1.53. The lowest BCUT2D eigenvalue weighted by molar-refractivity contribution is -0.130. The Morgan fingerprint density at radius 2 is 2.00 bits per heavy atom. The van der Waals surface area contributed by atoms with E-state index in [1.54, 1.807) is 13.0 Å². The maximum atomic E-state index is 12.1. The minimum Gasteiger partial charge on any atom is -0.450 e. The van der Waals surface area contributed by atoms with Crippen molar-refractivity contribution in [2.24, 2.45) is 0 Å². The summed E-state index contributed by atoms with van der Waals surface area (Å²) in [6.45, 7) is 3.51. The number of benzene rings is 1. The van der Waals surface area contributed by atoms with Gasteiger partial charge in [-0.1, -0.05) is 19.1 Å². The number of esters is 1. The van der Waals surface area contributed by atoms with Crippen molar-refractivity contribution in [3.63, 3.8) is 0 Å². The summed E-state index contributed by atoms with van der Waals surface area (Å²) in [6.07, 6.45) is 0.798. The van der Waals surface area contributed by atoms with Crippen molar-refractivity contribution in [1.82, 2.24) is 15.6 Å². The topological polar surface area (TPSA) is 111 Å². The highest BCUT2D eigenvalue weighted by atomic mass is 32.1. The van der Waals surface area contributed by atoms with E-state index in [-0.39, 0.29) is 11.7 Å². The molecule has 2 N–H and O–H groups in total. The third kappa shape index (κ3) is 5.20. The number of nitrogens with one attached hydrogen (secondary N) is 2. The van der Waals surface area contributed by atoms with Gasteiger partial charge in [0.15, 0.2) is 17.4 Å². The minimum absolute atomic E-state index is 0.0270. The van der Waals surface area contributed by atoms with E-state index in [0.717, 1.165) is 16.6 Å². The fourth-order valence-electron chi connectivity index (χ4n) is 2.49. The SMILES string of the molecule is CCCNC(=O)[C@H](C)NC(=O)COC(=O)c1ccc(-c2nc3ccccc3s2)o1. The minimum atomic E-state index is -0.768. The predicted octanol–water partition coefficient (Wildman–Crippen LogP) is 2.74. The van der Waals surface area contributed by atoms with Gasteiger partial charge in [-0.25, -0.2) is 9.78 Å². The second-order valence-corrected chi connectivity index (χ2v) is 7.34. The summed E-state index contributed by atoms with van der Waals surface area (Å²) in [6, 6.07) is 10.1. The van der Waals surface area contributed by atoms with Crippen molar-refractivity contribution < 1.29 is 23.5 Å². The average Bonchev–Trinajstić information content (AvgIpc) is 3.36. The fraction of sp³-hybridized carbons (Fsp3) is 0.300. The summed E-state index contributed by atoms with van der Waals surface area (Å²) in [7, 11) is 0. The molecule has 9 heteroatoms. The Hall–Kier alpha value is -3.20. The number of amides is 2. The number of para-hydroxylation sites is 1. The molecule has 0 fully saturated rings. The fourth-order valence-corrected chi connectivity index (χ4v) is 3.42. The molecule has 1 atom stereocenters. The van der Waals surface area contributed by atoms with Gasteiger partial charge in [-0.05, 0) is 37.6 Å². The molecule has 1 aromatic carbocycles. The molecule has 0 bridgehead atoms. The van der Waals surface area contributed by atoms with Crippen LogP contribution in [0.25, 0.3) is 21.0 Å². The van der Waals surface area contributed by atoms with Crippen LogP contribution in [0.15, 0.2) is 40.8 Å². The normalized spacial score (nSPS) is 11.8. The average molecular weight is 415 g/mol. The number of nitrogens with zero attached hydrogens (tertiary/aromatic N) is 1. The third-order valence-corrected chi connectivity index (χ3v) is 5.02. The van der Waals surface area contributed by atoms with Gasteiger partial charge < -0.3 is 19.8 Å². The van der Waals surface area contributed by atoms with E-state index >= 15 is 0 Å². The van der Waals surface area contributed by atoms with Crippen LogP contribution in [-0.2, 0) is 14.3 Å². The number of rotatable bonds is 8. The van der Waals surface area contributed by atoms with Crippen LogP contribution in [-0.4, -0.2) is 42.0 Å². The number of aromatic nitrogens is 1. The first kappa shape index (κ1) is 20.5. The van der Waals surface area contributed by atoms with Crippen molar-refractivity contribution in [3.05, 3.63) is 42.2 Å². The maximum absolute atomic E-state index is 12.1. The molecule has 0 aliphatic heterocycles. The molecule has 0 saturated heterocycles. The highest BCUT2D eigenvalue weighted by molar-refractivity contribution is 7.21. The summed E-state index contributed by atoms with van der Waals surface area (Å²) in [4.78, 5) is 40.2. The summed E-state index contributed by atoms with van der Waals surface area (Å²) < 4.78 is 11.5. The number of thiazole rings is 1. The molecule has 0 spiro atoms. The van der Waals surface area contributed by atoms with Gasteiger partial charge >= 0.3 is 5.97 Å². The molecule has 0 unspecified atom stereocenters. The molecular formula is C20H21N3O5S. The highest BCUT2D eigenvalue weighted by Gasteiger charge is 2.19. The van der Waals surface area contributed by atoms with E-state index in [4.69, 9.17) is 9.15 Å². The molecule has 0 aliphatic carbocycles. The number of ether oxygens (including phenoxy) is 1. The summed E-state index contributed by atoms with van der Waals surface area (Å²) in [5.41, 5.74) is 0.849. The largest absolute Gasteiger partial charge is 0.450 e. The number of furan rings is 1. The smallest absolute Gasteiger partial charge is 0.374 e. The van der Waals surface area contributed by atoms with E-state index in [9.17, 15) is 14.4 Å². The van der Waals surface area contributed by atoms with Crippen LogP contribution < -0.4 is 10.6 Å². The molecule has 8 nitrogen and oxygen atoms in total. The number of carbonyl (C=O) groups excluding carboxylic acids is 3. The van der Waals surface area contributed by atoms with Crippen molar-refractivity contribution in [1.29, 1.82) is 0 Å². The van der Waals surface area contributed by atoms with E-state index in [0.29, 0.717) is 17.3 Å². The first-order chi connectivity index (χ1) is 14.0. The highest BCUT2D eigenvalue weighted by Crippen LogP contribution is 2.31. The van der Waals surface area contributed by atoms with Crippen LogP contribution >= 0.6 is 11.3 Å². The molecule has 3 aromatic rings. The number of fused-ring (bicyclic) bond motifs is 1. The number of hydrogen-bond donors (Lipinski definition) is 2. The molecular weight excluding hydrogens is 394 g/mol. The molecule has 0 saturated carbocycles. The quantitative estimate of drug-likeness (QED) is 0.548. The van der Waals surface area contributed by atoms with Crippen LogP contribution in [0.1, 0.15) is 30.8 Å². The lowest BCUT2D eigenvalue weighted by atomic mass is 10.3. The summed E-state index contributed by atoms with van der Waals surface area (Å²) in [5, 5.41) is 5.80. The Labute approximate surface area is 171 Å². The third-order valence-electron chi connectivity index (χ3n) is 3.97. The first-order valence-corrected chi connectivity index (χ1v) is 9.99. The van der Waals surface area contributed by atoms with Crippen LogP contribution in [0, 0.1) is 0 Å². The zero-order valence-electron chi connectivity index (χ0n) is 16.1. The van der Waals surface area contributed by atoms with Gasteiger partial charge in [0.05, 0.1) is 10.2 Å². The molecule has 0 radical (unpaired) electrons. The lowest BCUT2D eigenvalue weighted by Crippen LogP contribution is -2.46. The van der Waals surface area contributed by atoms with Crippen molar-refractivity contribution in [2.45, 2.75) is 26.3 Å². The van der Waals surface area contributed by atoms with Gasteiger partial charge in [0.1, 0.15) is 6.04 Å². The Kier molecular flexibility index (Phi) is 6.61. The molecule has 2 amide bonds. The second-order valence-electron chi connectivity index (χ2n) is 6.31. The number of hydrogen-bond acceptors (Lipinski definition) is 7. The van der Waals surface area contributed by atoms with Crippen molar-refractivity contribution in [2.75, 3.05) is 13.2 Å². The summed E-state index contributed by atoms with van der Waals surface area (Å²) >= 11 is 1.45. The van der Waals surface area contributed by atoms with Crippen LogP contribution in [0.2, 0.25) is 0 Å². The van der Waals surface area contributed by atoms with E-state index in [1.165, 1.54) is 17.4 Å². The van der Waals surface area contributed by atoms with Crippen LogP contribution in [0.5, 0.6) is 0 Å². The monoisotopic (exact) mass is 415 g/mol. The van der Waals surface area contributed by atoms with Gasteiger partial charge in [0.25, 0.3) is 5.91 Å². The molecule has 29 heavy (non-hydrogen) atoms. The second kappa shape index (κ2) is 9.33. The maximum Gasteiger partial charge on any atom is 0.374 e. The van der Waals surface area contributed by atoms with Crippen LogP contribution in [0.4, 0.5) is 0 Å².